The van der Waals surface area contributed by atoms with Crippen LogP contribution in [0.5, 0.6) is 0 Å². The highest BCUT2D eigenvalue weighted by molar-refractivity contribution is 6.39. The quantitative estimate of drug-likeness (QED) is 0.0502. The van der Waals surface area contributed by atoms with E-state index in [4.69, 9.17) is 55.9 Å². The minimum absolute atomic E-state index is 0.0173. The van der Waals surface area contributed by atoms with Crippen LogP contribution in [-0.2, 0) is 19.1 Å². The van der Waals surface area contributed by atoms with E-state index >= 15 is 0 Å². The molecule has 0 radical (unpaired) electrons. The number of halogens is 4. The second-order valence-electron chi connectivity index (χ2n) is 11.7. The fourth-order valence-electron chi connectivity index (χ4n) is 6.12. The number of hydrogen-bond acceptors (Lipinski definition) is 6. The average molecular weight is 795 g/mol. The number of aldehydes is 2. The van der Waals surface area contributed by atoms with Crippen molar-refractivity contribution in [2.24, 2.45) is 0 Å². The number of nitrogens with zero attached hydrogens (tertiary/aromatic N) is 2. The molecule has 0 saturated heterocycles. The Labute approximate surface area is 334 Å². The molecule has 6 rings (SSSR count). The summed E-state index contributed by atoms with van der Waals surface area (Å²) in [6.45, 7) is 0. The van der Waals surface area contributed by atoms with Crippen LogP contribution >= 0.6 is 46.4 Å². The molecule has 0 aliphatic heterocycles. The van der Waals surface area contributed by atoms with Crippen LogP contribution in [0.1, 0.15) is 11.1 Å². The molecule has 0 atom stereocenters. The molecule has 6 aromatic carbocycles. The Morgan fingerprint density at radius 2 is 0.722 bits per heavy atom. The van der Waals surface area contributed by atoms with Crippen molar-refractivity contribution in [2.75, 3.05) is 24.0 Å². The topological polar surface area (TPSA) is 59.1 Å². The van der Waals surface area contributed by atoms with E-state index in [9.17, 15) is 9.59 Å². The highest BCUT2D eigenvalue weighted by Gasteiger charge is 2.27. The van der Waals surface area contributed by atoms with Crippen molar-refractivity contribution in [2.45, 2.75) is 0 Å². The van der Waals surface area contributed by atoms with Gasteiger partial charge < -0.3 is 19.3 Å². The summed E-state index contributed by atoms with van der Waals surface area (Å²) < 4.78 is 11.6. The van der Waals surface area contributed by atoms with E-state index in [0.717, 1.165) is 22.7 Å². The number of carbonyl (C=O) groups is 2. The summed E-state index contributed by atoms with van der Waals surface area (Å²) in [6.07, 6.45) is 1.14. The summed E-state index contributed by atoms with van der Waals surface area (Å²) in [4.78, 5) is 29.8. The SMILES string of the molecule is COC(/C(OC)=C(\C=O)c1cc(Cl)c(N(c2ccccc2)c2ccccc2)cc1Cl)=C(/C=O)c1cc(Cl)c(N(c2ccccc2)c2ccccc2)cc1Cl. The molecule has 54 heavy (non-hydrogen) atoms. The molecule has 10 heteroatoms. The molecular formula is C44H32Cl4N2O4. The first-order valence-electron chi connectivity index (χ1n) is 16.6. The number of benzene rings is 6. The van der Waals surface area contributed by atoms with Crippen LogP contribution in [0.15, 0.2) is 157 Å². The fourth-order valence-corrected chi connectivity index (χ4v) is 7.14. The van der Waals surface area contributed by atoms with Crippen molar-refractivity contribution in [1.29, 1.82) is 0 Å². The summed E-state index contributed by atoms with van der Waals surface area (Å²) >= 11 is 27.9. The second kappa shape index (κ2) is 17.5. The van der Waals surface area contributed by atoms with Crippen LogP contribution < -0.4 is 9.80 Å². The zero-order valence-electron chi connectivity index (χ0n) is 29.1. The summed E-state index contributed by atoms with van der Waals surface area (Å²) in [5, 5.41) is 0.973. The number of carbonyl (C=O) groups excluding carboxylic acids is 2. The normalized spacial score (nSPS) is 11.9. The van der Waals surface area contributed by atoms with Crippen molar-refractivity contribution in [3.05, 3.63) is 188 Å². The van der Waals surface area contributed by atoms with Gasteiger partial charge in [-0.05, 0) is 72.8 Å². The average Bonchev–Trinajstić information content (AvgIpc) is 3.21. The van der Waals surface area contributed by atoms with Crippen LogP contribution in [0, 0.1) is 0 Å². The Bertz CT molecular complexity index is 2090. The summed E-state index contributed by atoms with van der Waals surface area (Å²) in [6, 6.07) is 45.2. The van der Waals surface area contributed by atoms with Gasteiger partial charge >= 0.3 is 0 Å². The third-order valence-corrected chi connectivity index (χ3v) is 9.76. The van der Waals surface area contributed by atoms with Crippen molar-refractivity contribution in [1.82, 2.24) is 0 Å². The molecule has 0 N–H and O–H groups in total. The third-order valence-electron chi connectivity index (χ3n) is 8.53. The lowest BCUT2D eigenvalue weighted by Crippen LogP contribution is -2.11. The molecule has 0 saturated carbocycles. The first-order valence-corrected chi connectivity index (χ1v) is 18.1. The van der Waals surface area contributed by atoms with E-state index in [1.807, 2.05) is 131 Å². The maximum Gasteiger partial charge on any atom is 0.172 e. The van der Waals surface area contributed by atoms with Gasteiger partial charge in [-0.2, -0.15) is 0 Å². The van der Waals surface area contributed by atoms with Crippen LogP contribution in [0.4, 0.5) is 34.1 Å². The zero-order valence-corrected chi connectivity index (χ0v) is 32.1. The second-order valence-corrected chi connectivity index (χ2v) is 13.3. The highest BCUT2D eigenvalue weighted by Crippen LogP contribution is 2.45. The van der Waals surface area contributed by atoms with E-state index in [0.29, 0.717) is 34.0 Å². The summed E-state index contributed by atoms with van der Waals surface area (Å²) in [5.41, 5.74) is 4.98. The molecule has 0 amide bonds. The van der Waals surface area contributed by atoms with E-state index in [1.165, 1.54) is 14.2 Å². The number of rotatable bonds is 13. The summed E-state index contributed by atoms with van der Waals surface area (Å²) in [7, 11) is 2.71. The van der Waals surface area contributed by atoms with E-state index < -0.39 is 0 Å². The van der Waals surface area contributed by atoms with Gasteiger partial charge in [0.2, 0.25) is 0 Å². The molecule has 6 aromatic rings. The van der Waals surface area contributed by atoms with Gasteiger partial charge in [-0.3, -0.25) is 9.59 Å². The zero-order chi connectivity index (χ0) is 38.2. The Morgan fingerprint density at radius 3 is 0.963 bits per heavy atom. The fraction of sp³-hybridized carbons (Fsp3) is 0.0455. The molecule has 0 aromatic heterocycles. The molecule has 6 nitrogen and oxygen atoms in total. The first kappa shape index (κ1) is 38.2. The number of ether oxygens (including phenoxy) is 2. The molecule has 0 spiro atoms. The minimum Gasteiger partial charge on any atom is -0.492 e. The van der Waals surface area contributed by atoms with Gasteiger partial charge in [-0.15, -0.1) is 0 Å². The van der Waals surface area contributed by atoms with Gasteiger partial charge in [-0.25, -0.2) is 0 Å². The molecule has 0 unspecified atom stereocenters. The largest absolute Gasteiger partial charge is 0.492 e. The van der Waals surface area contributed by atoms with Gasteiger partial charge in [0.1, 0.15) is 0 Å². The maximum absolute atomic E-state index is 12.9. The van der Waals surface area contributed by atoms with Gasteiger partial charge in [-0.1, -0.05) is 119 Å². The Balaban J connectivity index is 1.49. The van der Waals surface area contributed by atoms with Gasteiger partial charge in [0, 0.05) is 33.9 Å². The Hall–Kier alpha value is -5.50. The maximum atomic E-state index is 12.9. The minimum atomic E-state index is -0.0743. The number of methoxy groups -OCH3 is 2. The summed E-state index contributed by atoms with van der Waals surface area (Å²) in [5.74, 6) is -0.149. The van der Waals surface area contributed by atoms with Crippen LogP contribution in [-0.4, -0.2) is 26.8 Å². The monoisotopic (exact) mass is 792 g/mol. The van der Waals surface area contributed by atoms with Gasteiger partial charge in [0.05, 0.1) is 56.8 Å². The molecule has 0 bridgehead atoms. The molecule has 0 heterocycles. The van der Waals surface area contributed by atoms with E-state index in [1.54, 1.807) is 24.3 Å². The lowest BCUT2D eigenvalue weighted by molar-refractivity contribution is -0.104. The highest BCUT2D eigenvalue weighted by atomic mass is 35.5. The van der Waals surface area contributed by atoms with Crippen LogP contribution in [0.3, 0.4) is 0 Å². The van der Waals surface area contributed by atoms with Crippen molar-refractivity contribution in [3.8, 4) is 0 Å². The van der Waals surface area contributed by atoms with Crippen molar-refractivity contribution < 1.29 is 19.1 Å². The molecule has 0 aliphatic carbocycles. The van der Waals surface area contributed by atoms with Crippen LogP contribution in [0.2, 0.25) is 20.1 Å². The Kier molecular flexibility index (Phi) is 12.4. The van der Waals surface area contributed by atoms with Gasteiger partial charge in [0.25, 0.3) is 0 Å². The standard InChI is InChI=1S/C44H32Cl4N2O4/c1-53-43(35(27-51)33-23-39(47)41(25-37(33)45)49(29-15-7-3-8-16-29)30-17-9-4-10-18-30)44(54-2)36(28-52)34-24-40(48)42(26-38(34)46)50(31-19-11-5-12-20-31)32-21-13-6-14-22-32/h3-28H,1-2H3/b43-35-,44-36-. The van der Waals surface area contributed by atoms with E-state index in [-0.39, 0.29) is 43.8 Å². The van der Waals surface area contributed by atoms with Crippen LogP contribution in [0.25, 0.3) is 11.1 Å². The lowest BCUT2D eigenvalue weighted by atomic mass is 9.99. The number of allylic oxidation sites excluding steroid dienone is 2. The molecule has 0 fully saturated rings. The van der Waals surface area contributed by atoms with Crippen molar-refractivity contribution >= 4 is 104 Å². The number of hydrogen-bond donors (Lipinski definition) is 0. The molecule has 0 aliphatic rings. The Morgan fingerprint density at radius 1 is 0.444 bits per heavy atom. The first-order chi connectivity index (χ1) is 26.3. The lowest BCUT2D eigenvalue weighted by Gasteiger charge is -2.27. The van der Waals surface area contributed by atoms with E-state index in [2.05, 4.69) is 0 Å². The smallest absolute Gasteiger partial charge is 0.172 e. The predicted molar refractivity (Wildman–Crippen MR) is 222 cm³/mol. The number of para-hydroxylation sites is 4. The predicted octanol–water partition coefficient (Wildman–Crippen LogP) is 13.1. The third kappa shape index (κ3) is 7.88. The van der Waals surface area contributed by atoms with Crippen molar-refractivity contribution in [3.63, 3.8) is 0 Å². The van der Waals surface area contributed by atoms with Gasteiger partial charge in [0.15, 0.2) is 24.1 Å². The number of anilines is 6. The molecule has 270 valence electrons. The molecular weight excluding hydrogens is 762 g/mol.